The van der Waals surface area contributed by atoms with Crippen molar-refractivity contribution >= 4 is 0 Å². The zero-order valence-corrected chi connectivity index (χ0v) is 17.1. The van der Waals surface area contributed by atoms with Gasteiger partial charge in [0.15, 0.2) is 17.5 Å². The van der Waals surface area contributed by atoms with Crippen molar-refractivity contribution in [2.24, 2.45) is 23.7 Å². The van der Waals surface area contributed by atoms with Gasteiger partial charge < -0.3 is 0 Å². The molecule has 0 saturated heterocycles. The van der Waals surface area contributed by atoms with E-state index in [1.807, 2.05) is 0 Å². The van der Waals surface area contributed by atoms with E-state index in [2.05, 4.69) is 0 Å². The molecule has 0 unspecified atom stereocenters. The molecule has 0 spiro atoms. The van der Waals surface area contributed by atoms with E-state index in [9.17, 15) is 13.2 Å². The lowest BCUT2D eigenvalue weighted by Crippen LogP contribution is -2.25. The quantitative estimate of drug-likeness (QED) is 0.443. The van der Waals surface area contributed by atoms with Gasteiger partial charge in [-0.1, -0.05) is 51.4 Å². The maximum atomic E-state index is 13.5. The monoisotopic (exact) mass is 392 g/mol. The van der Waals surface area contributed by atoms with Crippen LogP contribution in [0.1, 0.15) is 101 Å². The van der Waals surface area contributed by atoms with Gasteiger partial charge in [0.2, 0.25) is 0 Å². The summed E-state index contributed by atoms with van der Waals surface area (Å²) < 4.78 is 40.3. The Balaban J connectivity index is 1.21. The van der Waals surface area contributed by atoms with Gasteiger partial charge in [-0.2, -0.15) is 0 Å². The summed E-state index contributed by atoms with van der Waals surface area (Å²) in [6, 6.07) is 2.41. The summed E-state index contributed by atoms with van der Waals surface area (Å²) in [6.07, 6.45) is 18.6. The fourth-order valence-electron chi connectivity index (χ4n) is 6.45. The predicted octanol–water partition coefficient (Wildman–Crippen LogP) is 8.15. The Kier molecular flexibility index (Phi) is 6.68. The molecule has 28 heavy (non-hydrogen) atoms. The summed E-state index contributed by atoms with van der Waals surface area (Å²) in [4.78, 5) is 0. The maximum Gasteiger partial charge on any atom is 0.194 e. The number of benzene rings is 1. The van der Waals surface area contributed by atoms with Gasteiger partial charge in [0.05, 0.1) is 0 Å². The molecule has 3 heteroatoms. The summed E-state index contributed by atoms with van der Waals surface area (Å²) >= 11 is 0. The Morgan fingerprint density at radius 2 is 1.07 bits per heavy atom. The minimum Gasteiger partial charge on any atom is -0.204 e. The summed E-state index contributed by atoms with van der Waals surface area (Å²) in [5.74, 6) is 0.354. The normalized spacial score (nSPS) is 32.0. The van der Waals surface area contributed by atoms with E-state index in [-0.39, 0.29) is 5.92 Å². The van der Waals surface area contributed by atoms with Crippen molar-refractivity contribution in [3.8, 4) is 0 Å². The summed E-state index contributed by atoms with van der Waals surface area (Å²) in [5.41, 5.74) is 0.644. The number of hydrogen-bond acceptors (Lipinski definition) is 0. The molecule has 0 amide bonds. The van der Waals surface area contributed by atoms with Crippen LogP contribution in [0.15, 0.2) is 12.1 Å². The Labute approximate surface area is 168 Å². The van der Waals surface area contributed by atoms with Gasteiger partial charge in [-0.05, 0) is 85.8 Å². The largest absolute Gasteiger partial charge is 0.204 e. The van der Waals surface area contributed by atoms with E-state index in [1.165, 1.54) is 76.3 Å². The van der Waals surface area contributed by atoms with Crippen LogP contribution in [0.25, 0.3) is 0 Å². The molecule has 3 aliphatic rings. The van der Waals surface area contributed by atoms with Gasteiger partial charge in [-0.15, -0.1) is 0 Å². The molecule has 3 aliphatic carbocycles. The van der Waals surface area contributed by atoms with E-state index in [0.29, 0.717) is 5.56 Å². The highest BCUT2D eigenvalue weighted by atomic mass is 19.2. The van der Waals surface area contributed by atoms with Crippen LogP contribution in [-0.2, 0) is 0 Å². The van der Waals surface area contributed by atoms with Crippen molar-refractivity contribution in [1.29, 1.82) is 0 Å². The fraction of sp³-hybridized carbons (Fsp3) is 0.760. The highest BCUT2D eigenvalue weighted by molar-refractivity contribution is 5.23. The Morgan fingerprint density at radius 1 is 0.607 bits per heavy atom. The van der Waals surface area contributed by atoms with E-state index >= 15 is 0 Å². The summed E-state index contributed by atoms with van der Waals surface area (Å²) in [7, 11) is 0. The summed E-state index contributed by atoms with van der Waals surface area (Å²) in [6.45, 7) is 0. The molecule has 0 aliphatic heterocycles. The molecule has 0 radical (unpaired) electrons. The summed E-state index contributed by atoms with van der Waals surface area (Å²) in [5, 5.41) is 0. The fourth-order valence-corrected chi connectivity index (χ4v) is 6.45. The standard InChI is InChI=1S/C25H35F3/c26-23-15-22(16-24(27)25(23)28)21-13-11-20(12-14-21)19-9-7-18(8-10-19)6-5-17-3-1-2-4-17/h15-21H,1-14H2. The Bertz CT molecular complexity index is 610. The molecule has 0 bridgehead atoms. The molecule has 1 aromatic rings. The lowest BCUT2D eigenvalue weighted by atomic mass is 9.68. The topological polar surface area (TPSA) is 0 Å². The average Bonchev–Trinajstić information content (AvgIpc) is 3.24. The van der Waals surface area contributed by atoms with Gasteiger partial charge in [0.25, 0.3) is 0 Å². The number of rotatable bonds is 5. The van der Waals surface area contributed by atoms with E-state index in [1.54, 1.807) is 0 Å². The number of halogens is 3. The molecule has 0 nitrogen and oxygen atoms in total. The van der Waals surface area contributed by atoms with Crippen LogP contribution < -0.4 is 0 Å². The zero-order valence-electron chi connectivity index (χ0n) is 17.1. The van der Waals surface area contributed by atoms with Crippen molar-refractivity contribution in [3.05, 3.63) is 35.1 Å². The molecular formula is C25H35F3. The van der Waals surface area contributed by atoms with Gasteiger partial charge in [-0.3, -0.25) is 0 Å². The van der Waals surface area contributed by atoms with Crippen LogP contribution >= 0.6 is 0 Å². The molecule has 0 heterocycles. The number of hydrogen-bond donors (Lipinski definition) is 0. The molecule has 0 aromatic heterocycles. The van der Waals surface area contributed by atoms with Crippen LogP contribution in [-0.4, -0.2) is 0 Å². The van der Waals surface area contributed by atoms with Crippen molar-refractivity contribution in [1.82, 2.24) is 0 Å². The Morgan fingerprint density at radius 3 is 1.61 bits per heavy atom. The highest BCUT2D eigenvalue weighted by Gasteiger charge is 2.32. The maximum absolute atomic E-state index is 13.5. The molecule has 4 rings (SSSR count). The first kappa shape index (κ1) is 20.3. The van der Waals surface area contributed by atoms with E-state index in [0.717, 1.165) is 49.4 Å². The first-order valence-corrected chi connectivity index (χ1v) is 11.7. The smallest absolute Gasteiger partial charge is 0.194 e. The third-order valence-electron chi connectivity index (χ3n) is 8.27. The molecule has 156 valence electrons. The van der Waals surface area contributed by atoms with E-state index < -0.39 is 17.5 Å². The third-order valence-corrected chi connectivity index (χ3v) is 8.27. The predicted molar refractivity (Wildman–Crippen MR) is 108 cm³/mol. The molecule has 1 aromatic carbocycles. The van der Waals surface area contributed by atoms with Gasteiger partial charge >= 0.3 is 0 Å². The first-order valence-electron chi connectivity index (χ1n) is 11.7. The van der Waals surface area contributed by atoms with Crippen molar-refractivity contribution < 1.29 is 13.2 Å². The lowest BCUT2D eigenvalue weighted by Gasteiger charge is -2.38. The van der Waals surface area contributed by atoms with E-state index in [4.69, 9.17) is 0 Å². The SMILES string of the molecule is Fc1cc(C2CCC(C3CCC(CCC4CCCC4)CC3)CC2)cc(F)c1F. The molecule has 3 fully saturated rings. The van der Waals surface area contributed by atoms with Crippen molar-refractivity contribution in [2.45, 2.75) is 95.8 Å². The third kappa shape index (κ3) is 4.76. The minimum absolute atomic E-state index is 0.184. The second kappa shape index (κ2) is 9.22. The second-order valence-corrected chi connectivity index (χ2v) is 9.92. The van der Waals surface area contributed by atoms with Gasteiger partial charge in [0.1, 0.15) is 0 Å². The minimum atomic E-state index is -1.35. The highest BCUT2D eigenvalue weighted by Crippen LogP contribution is 2.45. The lowest BCUT2D eigenvalue weighted by molar-refractivity contribution is 0.153. The van der Waals surface area contributed by atoms with Crippen LogP contribution in [0, 0.1) is 41.1 Å². The van der Waals surface area contributed by atoms with Crippen LogP contribution in [0.5, 0.6) is 0 Å². The second-order valence-electron chi connectivity index (χ2n) is 9.92. The van der Waals surface area contributed by atoms with Crippen molar-refractivity contribution in [3.63, 3.8) is 0 Å². The molecule has 3 saturated carbocycles. The molecule has 0 atom stereocenters. The van der Waals surface area contributed by atoms with Gasteiger partial charge in [-0.25, -0.2) is 13.2 Å². The van der Waals surface area contributed by atoms with Gasteiger partial charge in [0, 0.05) is 0 Å². The first-order chi connectivity index (χ1) is 13.6. The van der Waals surface area contributed by atoms with Crippen molar-refractivity contribution in [2.75, 3.05) is 0 Å². The average molecular weight is 393 g/mol. The molecule has 0 N–H and O–H groups in total. The van der Waals surface area contributed by atoms with Crippen LogP contribution in [0.4, 0.5) is 13.2 Å². The zero-order chi connectivity index (χ0) is 19.5. The Hall–Kier alpha value is -0.990. The van der Waals surface area contributed by atoms with Crippen LogP contribution in [0.2, 0.25) is 0 Å². The van der Waals surface area contributed by atoms with Crippen LogP contribution in [0.3, 0.4) is 0 Å². The molecular weight excluding hydrogens is 357 g/mol.